The molecule has 0 saturated heterocycles. The summed E-state index contributed by atoms with van der Waals surface area (Å²) in [4.78, 5) is 11.7. The van der Waals surface area contributed by atoms with Gasteiger partial charge in [-0.25, -0.2) is 9.18 Å². The van der Waals surface area contributed by atoms with E-state index in [1.807, 2.05) is 6.92 Å². The number of esters is 1. The van der Waals surface area contributed by atoms with Gasteiger partial charge in [-0.1, -0.05) is 45.3 Å². The molecule has 1 aromatic carbocycles. The molecule has 0 atom stereocenters. The Hall–Kier alpha value is -1.71. The molecular weight excluding hydrogens is 358 g/mol. The number of carbonyl (C=O) groups excluding carboxylic acids is 1. The predicted octanol–water partition coefficient (Wildman–Crippen LogP) is 7.01. The zero-order valence-corrected chi connectivity index (χ0v) is 17.2. The molecule has 4 heteroatoms. The minimum absolute atomic E-state index is 0.262. The van der Waals surface area contributed by atoms with Crippen LogP contribution in [-0.2, 0) is 10.2 Å². The average Bonchev–Trinajstić information content (AvgIpc) is 2.71. The maximum Gasteiger partial charge on any atom is 0.335 e. The van der Waals surface area contributed by atoms with E-state index in [9.17, 15) is 13.6 Å². The van der Waals surface area contributed by atoms with Crippen LogP contribution < -0.4 is 4.74 Å². The molecule has 3 saturated carbocycles. The molecule has 3 aliphatic rings. The van der Waals surface area contributed by atoms with Gasteiger partial charge in [0.15, 0.2) is 11.6 Å². The van der Waals surface area contributed by atoms with Crippen molar-refractivity contribution in [2.75, 3.05) is 0 Å². The van der Waals surface area contributed by atoms with Crippen molar-refractivity contribution < 1.29 is 18.3 Å². The van der Waals surface area contributed by atoms with Crippen molar-refractivity contribution in [3.63, 3.8) is 0 Å². The summed E-state index contributed by atoms with van der Waals surface area (Å²) in [6, 6.07) is 3.05. The van der Waals surface area contributed by atoms with Crippen molar-refractivity contribution in [3.8, 4) is 5.75 Å². The third kappa shape index (κ3) is 4.16. The van der Waals surface area contributed by atoms with Crippen LogP contribution >= 0.6 is 0 Å². The summed E-state index contributed by atoms with van der Waals surface area (Å²) >= 11 is 0. The first-order valence-electron chi connectivity index (χ1n) is 10.8. The molecule has 0 spiro atoms. The minimum atomic E-state index is -1.05. The molecular formula is C24H32F2O2. The molecule has 0 N–H and O–H groups in total. The van der Waals surface area contributed by atoms with E-state index in [-0.39, 0.29) is 11.2 Å². The Morgan fingerprint density at radius 3 is 2.32 bits per heavy atom. The van der Waals surface area contributed by atoms with Crippen LogP contribution in [0.2, 0.25) is 0 Å². The van der Waals surface area contributed by atoms with E-state index in [0.717, 1.165) is 38.5 Å². The van der Waals surface area contributed by atoms with Gasteiger partial charge in [-0.15, -0.1) is 0 Å². The second-order valence-corrected chi connectivity index (χ2v) is 8.71. The maximum absolute atomic E-state index is 15.0. The number of unbranched alkanes of at least 4 members (excludes halogenated alkanes) is 2. The van der Waals surface area contributed by atoms with Crippen LogP contribution in [0, 0.1) is 17.0 Å². The molecule has 2 nitrogen and oxygen atoms in total. The fraction of sp³-hybridized carbons (Fsp3) is 0.625. The minimum Gasteiger partial charge on any atom is -0.420 e. The predicted molar refractivity (Wildman–Crippen MR) is 107 cm³/mol. The monoisotopic (exact) mass is 390 g/mol. The third-order valence-corrected chi connectivity index (χ3v) is 7.03. The van der Waals surface area contributed by atoms with Gasteiger partial charge >= 0.3 is 5.97 Å². The Kier molecular flexibility index (Phi) is 6.57. The second kappa shape index (κ2) is 8.75. The van der Waals surface area contributed by atoms with E-state index < -0.39 is 17.6 Å². The lowest BCUT2D eigenvalue weighted by Gasteiger charge is -2.54. The summed E-state index contributed by atoms with van der Waals surface area (Å²) in [6.45, 7) is 4.10. The van der Waals surface area contributed by atoms with Gasteiger partial charge in [-0.3, -0.25) is 0 Å². The summed E-state index contributed by atoms with van der Waals surface area (Å²) in [5, 5.41) is 0. The number of carbonyl (C=O) groups is 1. The molecule has 154 valence electrons. The number of halogens is 2. The number of allylic oxidation sites excluding steroid dienone is 1. The van der Waals surface area contributed by atoms with Gasteiger partial charge in [-0.05, 0) is 73.8 Å². The summed E-state index contributed by atoms with van der Waals surface area (Å²) < 4.78 is 34.6. The highest BCUT2D eigenvalue weighted by atomic mass is 19.2. The standard InChI is InChI=1S/C24H32F2O2/c1-3-5-7-11-23-12-15-24(16-13-23,17-14-23)18-9-10-19(22(26)21(18)25)28-20(27)8-6-4-2/h6,8-10H,3-5,7,11-17H2,1-2H3. The molecule has 0 amide bonds. The number of rotatable bonds is 8. The first-order chi connectivity index (χ1) is 13.5. The van der Waals surface area contributed by atoms with E-state index >= 15 is 0 Å². The molecule has 0 aliphatic heterocycles. The SMILES string of the molecule is CCC=CC(=O)Oc1ccc(C23CCC(CCCCC)(CC2)CC3)c(F)c1F. The van der Waals surface area contributed by atoms with E-state index in [1.165, 1.54) is 37.8 Å². The molecule has 0 heterocycles. The quantitative estimate of drug-likeness (QED) is 0.206. The molecule has 3 fully saturated rings. The van der Waals surface area contributed by atoms with Crippen molar-refractivity contribution in [1.29, 1.82) is 0 Å². The summed E-state index contributed by atoms with van der Waals surface area (Å²) in [7, 11) is 0. The summed E-state index contributed by atoms with van der Waals surface area (Å²) in [6.07, 6.45) is 14.7. The number of benzene rings is 1. The largest absolute Gasteiger partial charge is 0.420 e. The number of hydrogen-bond acceptors (Lipinski definition) is 2. The Labute approximate surface area is 167 Å². The highest BCUT2D eigenvalue weighted by molar-refractivity contribution is 5.84. The van der Waals surface area contributed by atoms with E-state index in [4.69, 9.17) is 4.74 Å². The summed E-state index contributed by atoms with van der Waals surface area (Å²) in [5.41, 5.74) is 0.630. The molecule has 0 unspecified atom stereocenters. The zero-order valence-electron chi connectivity index (χ0n) is 17.2. The van der Waals surface area contributed by atoms with Gasteiger partial charge in [-0.2, -0.15) is 4.39 Å². The number of ether oxygens (including phenoxy) is 1. The smallest absolute Gasteiger partial charge is 0.335 e. The number of hydrogen-bond donors (Lipinski definition) is 0. The van der Waals surface area contributed by atoms with Crippen molar-refractivity contribution in [2.24, 2.45) is 5.41 Å². The first kappa shape index (κ1) is 21.0. The lowest BCUT2D eigenvalue weighted by molar-refractivity contribution is -0.129. The summed E-state index contributed by atoms with van der Waals surface area (Å²) in [5.74, 6) is -2.90. The highest BCUT2D eigenvalue weighted by Gasteiger charge is 2.50. The van der Waals surface area contributed by atoms with Gasteiger partial charge in [0, 0.05) is 6.08 Å². The lowest BCUT2D eigenvalue weighted by Crippen LogP contribution is -2.44. The molecule has 2 bridgehead atoms. The molecule has 3 aliphatic carbocycles. The van der Waals surface area contributed by atoms with Crippen LogP contribution in [0.15, 0.2) is 24.3 Å². The van der Waals surface area contributed by atoms with Crippen molar-refractivity contribution in [2.45, 2.75) is 89.9 Å². The fourth-order valence-electron chi connectivity index (χ4n) is 5.17. The Bertz CT molecular complexity index is 714. The molecule has 1 aromatic rings. The molecule has 4 rings (SSSR count). The third-order valence-electron chi connectivity index (χ3n) is 7.03. The van der Waals surface area contributed by atoms with Crippen LogP contribution in [0.4, 0.5) is 8.78 Å². The van der Waals surface area contributed by atoms with Gasteiger partial charge in [0.2, 0.25) is 5.82 Å². The van der Waals surface area contributed by atoms with Gasteiger partial charge in [0.05, 0.1) is 0 Å². The van der Waals surface area contributed by atoms with E-state index in [1.54, 1.807) is 12.1 Å². The van der Waals surface area contributed by atoms with E-state index in [2.05, 4.69) is 6.92 Å². The topological polar surface area (TPSA) is 26.3 Å². The van der Waals surface area contributed by atoms with Crippen LogP contribution in [-0.4, -0.2) is 5.97 Å². The van der Waals surface area contributed by atoms with Crippen LogP contribution in [0.25, 0.3) is 0 Å². The van der Waals surface area contributed by atoms with Crippen molar-refractivity contribution >= 4 is 5.97 Å². The first-order valence-corrected chi connectivity index (χ1v) is 10.8. The molecule has 0 radical (unpaired) electrons. The van der Waals surface area contributed by atoms with Gasteiger partial charge in [0.25, 0.3) is 0 Å². The molecule has 0 aromatic heterocycles. The van der Waals surface area contributed by atoms with Crippen molar-refractivity contribution in [3.05, 3.63) is 41.5 Å². The van der Waals surface area contributed by atoms with E-state index in [0.29, 0.717) is 17.4 Å². The second-order valence-electron chi connectivity index (χ2n) is 8.71. The highest BCUT2D eigenvalue weighted by Crippen LogP contribution is 2.60. The Morgan fingerprint density at radius 1 is 1.04 bits per heavy atom. The zero-order chi connectivity index (χ0) is 20.2. The lowest BCUT2D eigenvalue weighted by atomic mass is 9.51. The Balaban J connectivity index is 1.74. The van der Waals surface area contributed by atoms with Crippen LogP contribution in [0.1, 0.15) is 90.0 Å². The average molecular weight is 391 g/mol. The van der Waals surface area contributed by atoms with Crippen molar-refractivity contribution in [1.82, 2.24) is 0 Å². The molecule has 28 heavy (non-hydrogen) atoms. The number of fused-ring (bicyclic) bond motifs is 3. The fourth-order valence-corrected chi connectivity index (χ4v) is 5.17. The Morgan fingerprint density at radius 2 is 1.71 bits per heavy atom. The van der Waals surface area contributed by atoms with Gasteiger partial charge in [0.1, 0.15) is 0 Å². The van der Waals surface area contributed by atoms with Crippen LogP contribution in [0.5, 0.6) is 5.75 Å². The van der Waals surface area contributed by atoms with Gasteiger partial charge < -0.3 is 4.74 Å². The normalized spacial score (nSPS) is 26.7. The maximum atomic E-state index is 15.0. The van der Waals surface area contributed by atoms with Crippen LogP contribution in [0.3, 0.4) is 0 Å².